The van der Waals surface area contributed by atoms with Crippen molar-refractivity contribution in [2.75, 3.05) is 0 Å². The van der Waals surface area contributed by atoms with E-state index in [1.54, 1.807) is 0 Å². The number of unbranched alkanes of at least 4 members (excludes halogenated alkanes) is 10. The van der Waals surface area contributed by atoms with Crippen LogP contribution >= 0.6 is 12.4 Å². The Hall–Kier alpha value is -0.0100. The summed E-state index contributed by atoms with van der Waals surface area (Å²) in [5.41, 5.74) is 6.11. The van der Waals surface area contributed by atoms with E-state index in [1.807, 2.05) is 0 Å². The van der Waals surface area contributed by atoms with Crippen LogP contribution in [0.4, 0.5) is 0 Å². The molecule has 0 amide bonds. The lowest BCUT2D eigenvalue weighted by molar-refractivity contribution is 0.316. The molecule has 1 unspecified atom stereocenters. The van der Waals surface area contributed by atoms with E-state index in [4.69, 9.17) is 5.73 Å². The monoisotopic (exact) mass is 345 g/mol. The average molecular weight is 346 g/mol. The fourth-order valence-electron chi connectivity index (χ4n) is 2.72. The van der Waals surface area contributed by atoms with Crippen molar-refractivity contribution in [3.05, 3.63) is 12.2 Å². The van der Waals surface area contributed by atoms with Crippen LogP contribution in [0.15, 0.2) is 12.2 Å². The lowest BCUT2D eigenvalue weighted by Gasteiger charge is -2.27. The first-order valence-corrected chi connectivity index (χ1v) is 9.92. The van der Waals surface area contributed by atoms with Gasteiger partial charge >= 0.3 is 0 Å². The number of hydrogen-bond acceptors (Lipinski definition) is 1. The Morgan fingerprint density at radius 1 is 0.783 bits per heavy atom. The molecular formula is C21H44ClN. The first-order chi connectivity index (χ1) is 10.5. The van der Waals surface area contributed by atoms with Gasteiger partial charge in [-0.1, -0.05) is 77.4 Å². The zero-order valence-corrected chi connectivity index (χ0v) is 17.2. The molecule has 0 aromatic carbocycles. The molecule has 0 aliphatic carbocycles. The summed E-state index contributed by atoms with van der Waals surface area (Å²) >= 11 is 0. The Labute approximate surface area is 153 Å². The minimum Gasteiger partial charge on any atom is -0.325 e. The number of rotatable bonds is 15. The summed E-state index contributed by atoms with van der Waals surface area (Å²) < 4.78 is 0. The van der Waals surface area contributed by atoms with Crippen LogP contribution < -0.4 is 5.73 Å². The van der Waals surface area contributed by atoms with Crippen LogP contribution in [-0.2, 0) is 0 Å². The summed E-state index contributed by atoms with van der Waals surface area (Å²) in [5.74, 6) is 0.629. The summed E-state index contributed by atoms with van der Waals surface area (Å²) in [6.07, 6.45) is 22.5. The van der Waals surface area contributed by atoms with Crippen LogP contribution in [0, 0.1) is 5.92 Å². The lowest BCUT2D eigenvalue weighted by Crippen LogP contribution is -2.39. The van der Waals surface area contributed by atoms with Gasteiger partial charge in [0.15, 0.2) is 0 Å². The Kier molecular flexibility index (Phi) is 18.5. The van der Waals surface area contributed by atoms with E-state index in [1.165, 1.54) is 83.5 Å². The summed E-state index contributed by atoms with van der Waals surface area (Å²) in [5, 5.41) is 0. The fourth-order valence-corrected chi connectivity index (χ4v) is 2.72. The van der Waals surface area contributed by atoms with Crippen molar-refractivity contribution in [2.24, 2.45) is 11.7 Å². The molecule has 0 saturated carbocycles. The van der Waals surface area contributed by atoms with Gasteiger partial charge in [0.05, 0.1) is 0 Å². The van der Waals surface area contributed by atoms with E-state index >= 15 is 0 Å². The SMILES string of the molecule is CCCCCCCC/C=C\CCCCCCC(C)C(C)(C)N.Cl. The van der Waals surface area contributed by atoms with E-state index in [9.17, 15) is 0 Å². The second-order valence-electron chi connectivity index (χ2n) is 7.74. The highest BCUT2D eigenvalue weighted by atomic mass is 35.5. The third-order valence-electron chi connectivity index (χ3n) is 4.92. The number of halogens is 1. The molecule has 0 radical (unpaired) electrons. The van der Waals surface area contributed by atoms with Crippen LogP contribution in [0.25, 0.3) is 0 Å². The molecule has 0 spiro atoms. The molecule has 0 aromatic heterocycles. The van der Waals surface area contributed by atoms with Crippen LogP contribution in [0.3, 0.4) is 0 Å². The van der Waals surface area contributed by atoms with Gasteiger partial charge in [0.1, 0.15) is 0 Å². The minimum atomic E-state index is -0.0146. The molecule has 140 valence electrons. The molecule has 0 saturated heterocycles. The second-order valence-corrected chi connectivity index (χ2v) is 7.74. The maximum Gasteiger partial charge on any atom is 0.0123 e. The number of allylic oxidation sites excluding steroid dienone is 2. The van der Waals surface area contributed by atoms with Gasteiger partial charge in [-0.15, -0.1) is 12.4 Å². The largest absolute Gasteiger partial charge is 0.325 e. The van der Waals surface area contributed by atoms with E-state index in [0.717, 1.165) is 0 Å². The highest BCUT2D eigenvalue weighted by Gasteiger charge is 2.19. The van der Waals surface area contributed by atoms with Crippen molar-refractivity contribution in [3.8, 4) is 0 Å². The van der Waals surface area contributed by atoms with Crippen LogP contribution in [-0.4, -0.2) is 5.54 Å². The minimum absolute atomic E-state index is 0. The molecule has 1 atom stereocenters. The van der Waals surface area contributed by atoms with Crippen LogP contribution in [0.2, 0.25) is 0 Å². The predicted molar refractivity (Wildman–Crippen MR) is 110 cm³/mol. The van der Waals surface area contributed by atoms with Crippen molar-refractivity contribution in [1.82, 2.24) is 0 Å². The van der Waals surface area contributed by atoms with E-state index in [-0.39, 0.29) is 17.9 Å². The lowest BCUT2D eigenvalue weighted by atomic mass is 9.86. The van der Waals surface area contributed by atoms with Gasteiger partial charge in [0.2, 0.25) is 0 Å². The molecule has 0 bridgehead atoms. The molecule has 0 aliphatic heterocycles. The van der Waals surface area contributed by atoms with Gasteiger partial charge in [0, 0.05) is 5.54 Å². The Morgan fingerprint density at radius 3 is 1.70 bits per heavy atom. The normalized spacial score (nSPS) is 13.3. The Morgan fingerprint density at radius 2 is 1.22 bits per heavy atom. The van der Waals surface area contributed by atoms with Gasteiger partial charge in [-0.05, 0) is 51.9 Å². The Bertz CT molecular complexity index is 255. The summed E-state index contributed by atoms with van der Waals surface area (Å²) in [7, 11) is 0. The molecule has 0 aliphatic rings. The van der Waals surface area contributed by atoms with Crippen LogP contribution in [0.5, 0.6) is 0 Å². The fraction of sp³-hybridized carbons (Fsp3) is 0.905. The van der Waals surface area contributed by atoms with Crippen molar-refractivity contribution in [2.45, 2.75) is 117 Å². The topological polar surface area (TPSA) is 26.0 Å². The molecule has 0 rings (SSSR count). The van der Waals surface area contributed by atoms with Gasteiger partial charge in [-0.3, -0.25) is 0 Å². The Balaban J connectivity index is 0. The molecule has 0 heterocycles. The van der Waals surface area contributed by atoms with E-state index < -0.39 is 0 Å². The van der Waals surface area contributed by atoms with Crippen molar-refractivity contribution >= 4 is 12.4 Å². The predicted octanol–water partition coefficient (Wildman–Crippen LogP) is 7.43. The highest BCUT2D eigenvalue weighted by Crippen LogP contribution is 2.20. The molecule has 23 heavy (non-hydrogen) atoms. The van der Waals surface area contributed by atoms with Crippen molar-refractivity contribution < 1.29 is 0 Å². The molecule has 2 N–H and O–H groups in total. The van der Waals surface area contributed by atoms with E-state index in [0.29, 0.717) is 5.92 Å². The van der Waals surface area contributed by atoms with Gasteiger partial charge in [0.25, 0.3) is 0 Å². The standard InChI is InChI=1S/C21H43N.ClH/c1-5-6-7-8-9-10-11-12-13-14-15-16-17-18-19-20(2)21(3,4)22;/h12-13,20H,5-11,14-19,22H2,1-4H3;1H/b13-12-;. The summed E-state index contributed by atoms with van der Waals surface area (Å²) in [6, 6.07) is 0. The molecule has 0 fully saturated rings. The summed E-state index contributed by atoms with van der Waals surface area (Å²) in [6.45, 7) is 8.85. The molecule has 0 aromatic rings. The third-order valence-corrected chi connectivity index (χ3v) is 4.92. The smallest absolute Gasteiger partial charge is 0.0123 e. The first-order valence-electron chi connectivity index (χ1n) is 9.92. The van der Waals surface area contributed by atoms with Crippen molar-refractivity contribution in [1.29, 1.82) is 0 Å². The van der Waals surface area contributed by atoms with Gasteiger partial charge < -0.3 is 5.73 Å². The highest BCUT2D eigenvalue weighted by molar-refractivity contribution is 5.85. The number of hydrogen-bond donors (Lipinski definition) is 1. The average Bonchev–Trinajstić information content (AvgIpc) is 2.46. The van der Waals surface area contributed by atoms with Crippen LogP contribution in [0.1, 0.15) is 111 Å². The maximum absolute atomic E-state index is 6.12. The first kappa shape index (κ1) is 25.2. The second kappa shape index (κ2) is 16.8. The maximum atomic E-state index is 6.12. The molecule has 2 heteroatoms. The quantitative estimate of drug-likeness (QED) is 0.242. The zero-order chi connectivity index (χ0) is 16.7. The number of nitrogens with two attached hydrogens (primary N) is 1. The van der Waals surface area contributed by atoms with Gasteiger partial charge in [-0.2, -0.15) is 0 Å². The molecular weight excluding hydrogens is 302 g/mol. The van der Waals surface area contributed by atoms with E-state index in [2.05, 4.69) is 39.8 Å². The zero-order valence-electron chi connectivity index (χ0n) is 16.4. The molecule has 1 nitrogen and oxygen atoms in total. The van der Waals surface area contributed by atoms with Gasteiger partial charge in [-0.25, -0.2) is 0 Å². The summed E-state index contributed by atoms with van der Waals surface area (Å²) in [4.78, 5) is 0. The van der Waals surface area contributed by atoms with Crippen molar-refractivity contribution in [3.63, 3.8) is 0 Å². The third kappa shape index (κ3) is 18.2.